The summed E-state index contributed by atoms with van der Waals surface area (Å²) in [5.41, 5.74) is 12.0. The zero-order valence-electron chi connectivity index (χ0n) is 26.1. The van der Waals surface area contributed by atoms with E-state index in [2.05, 4.69) is 22.8 Å². The minimum absolute atomic E-state index is 0.114. The third-order valence-corrected chi connectivity index (χ3v) is 10.3. The van der Waals surface area contributed by atoms with Crippen molar-refractivity contribution in [2.45, 2.75) is 68.9 Å². The highest BCUT2D eigenvalue weighted by Crippen LogP contribution is 2.33. The second-order valence-electron chi connectivity index (χ2n) is 12.1. The molecular formula is C35H40N4O5S. The summed E-state index contributed by atoms with van der Waals surface area (Å²) in [6.07, 6.45) is 5.06. The van der Waals surface area contributed by atoms with Crippen molar-refractivity contribution in [3.05, 3.63) is 100 Å². The molecule has 3 aromatic rings. The number of esters is 1. The van der Waals surface area contributed by atoms with Crippen molar-refractivity contribution < 1.29 is 23.9 Å². The van der Waals surface area contributed by atoms with Gasteiger partial charge in [-0.15, -0.1) is 0 Å². The molecule has 0 fully saturated rings. The molecule has 1 aliphatic carbocycles. The van der Waals surface area contributed by atoms with E-state index in [1.165, 1.54) is 36.6 Å². The molecule has 9 nitrogen and oxygen atoms in total. The molecule has 1 unspecified atom stereocenters. The third kappa shape index (κ3) is 6.92. The van der Waals surface area contributed by atoms with Gasteiger partial charge in [-0.3, -0.25) is 14.4 Å². The zero-order chi connectivity index (χ0) is 32.3. The second-order valence-corrected chi connectivity index (χ2v) is 13.6. The lowest BCUT2D eigenvalue weighted by Crippen LogP contribution is -2.60. The molecule has 45 heavy (non-hydrogen) atoms. The summed E-state index contributed by atoms with van der Waals surface area (Å²) in [4.78, 5) is 54.3. The van der Waals surface area contributed by atoms with Crippen molar-refractivity contribution in [3.63, 3.8) is 0 Å². The molecule has 3 amide bonds. The van der Waals surface area contributed by atoms with Gasteiger partial charge in [0, 0.05) is 29.0 Å². The van der Waals surface area contributed by atoms with Crippen molar-refractivity contribution in [2.24, 2.45) is 5.73 Å². The van der Waals surface area contributed by atoms with E-state index in [4.69, 9.17) is 10.5 Å². The predicted octanol–water partition coefficient (Wildman–Crippen LogP) is 4.64. The monoisotopic (exact) mass is 628 g/mol. The first-order valence-corrected chi connectivity index (χ1v) is 16.4. The number of carbonyl (C=O) groups excluding carboxylic acids is 4. The number of nitrogens with one attached hydrogen (secondary N) is 2. The summed E-state index contributed by atoms with van der Waals surface area (Å²) in [7, 11) is 1.30. The minimum atomic E-state index is -0.824. The summed E-state index contributed by atoms with van der Waals surface area (Å²) in [6, 6.07) is 18.3. The maximum atomic E-state index is 14.0. The topological polar surface area (TPSA) is 131 Å². The van der Waals surface area contributed by atoms with E-state index >= 15 is 0 Å². The van der Waals surface area contributed by atoms with Crippen LogP contribution in [0.25, 0.3) is 0 Å². The molecule has 1 heterocycles. The number of nitrogens with two attached hydrogens (primary N) is 1. The van der Waals surface area contributed by atoms with Crippen molar-refractivity contribution in [1.29, 1.82) is 0 Å². The number of ether oxygens (including phenoxy) is 1. The fourth-order valence-electron chi connectivity index (χ4n) is 5.98. The normalized spacial score (nSPS) is 18.2. The number of carbonyl (C=O) groups is 4. The molecule has 0 spiro atoms. The van der Waals surface area contributed by atoms with Crippen LogP contribution in [0.4, 0.5) is 5.69 Å². The summed E-state index contributed by atoms with van der Waals surface area (Å²) in [5, 5.41) is 6.16. The molecule has 10 heteroatoms. The van der Waals surface area contributed by atoms with Crippen LogP contribution in [0.5, 0.6) is 0 Å². The van der Waals surface area contributed by atoms with Gasteiger partial charge in [0.1, 0.15) is 6.04 Å². The minimum Gasteiger partial charge on any atom is -0.465 e. The van der Waals surface area contributed by atoms with Crippen LogP contribution in [-0.4, -0.2) is 58.8 Å². The highest BCUT2D eigenvalue weighted by molar-refractivity contribution is 8.00. The summed E-state index contributed by atoms with van der Waals surface area (Å²) < 4.78 is 4.18. The molecule has 4 N–H and O–H groups in total. The fraction of sp³-hybridized carbons (Fsp3) is 0.371. The Morgan fingerprint density at radius 3 is 2.40 bits per heavy atom. The lowest BCUT2D eigenvalue weighted by Gasteiger charge is -2.41. The number of fused-ring (bicyclic) bond motifs is 2. The molecule has 0 aromatic heterocycles. The summed E-state index contributed by atoms with van der Waals surface area (Å²) >= 11 is 1.51. The predicted molar refractivity (Wildman–Crippen MR) is 176 cm³/mol. The van der Waals surface area contributed by atoms with Gasteiger partial charge in [-0.1, -0.05) is 30.3 Å². The lowest BCUT2D eigenvalue weighted by molar-refractivity contribution is -0.143. The van der Waals surface area contributed by atoms with Crippen molar-refractivity contribution in [3.8, 4) is 0 Å². The Labute approximate surface area is 268 Å². The Morgan fingerprint density at radius 2 is 1.69 bits per heavy atom. The highest BCUT2D eigenvalue weighted by Gasteiger charge is 2.41. The standard InChI is InChI=1S/C35H40N4O5S/c1-35(2,45-4)30(36)33(42)39-20-25-18-26(37-31(40)22-12-14-23(15-13-22)34(43)44-3)17-16-24(25)19-29(39)32(41)38-28-11-7-9-21-8-5-6-10-27(21)28/h5-6,8,10,12-18,28-30H,7,9,11,19-20,36H2,1-4H3,(H,37,40)(H,38,41)/t28?,29-,30+/m0/s1. The van der Waals surface area contributed by atoms with Crippen LogP contribution in [0.1, 0.15) is 75.7 Å². The van der Waals surface area contributed by atoms with Gasteiger partial charge >= 0.3 is 5.97 Å². The number of benzene rings is 3. The summed E-state index contributed by atoms with van der Waals surface area (Å²) in [5.74, 6) is -1.31. The molecular weight excluding hydrogens is 588 g/mol. The number of aryl methyl sites for hydroxylation is 1. The second kappa shape index (κ2) is 13.5. The van der Waals surface area contributed by atoms with Crippen molar-refractivity contribution in [2.75, 3.05) is 18.7 Å². The van der Waals surface area contributed by atoms with E-state index in [-0.39, 0.29) is 30.3 Å². The van der Waals surface area contributed by atoms with E-state index in [9.17, 15) is 19.2 Å². The van der Waals surface area contributed by atoms with Crippen molar-refractivity contribution >= 4 is 41.1 Å². The Hall–Kier alpha value is -4.15. The zero-order valence-corrected chi connectivity index (χ0v) is 26.9. The fourth-order valence-corrected chi connectivity index (χ4v) is 6.34. The van der Waals surface area contributed by atoms with Crippen LogP contribution in [-0.2, 0) is 33.7 Å². The van der Waals surface area contributed by atoms with Gasteiger partial charge in [0.05, 0.1) is 24.8 Å². The molecule has 0 saturated heterocycles. The number of rotatable bonds is 8. The lowest BCUT2D eigenvalue weighted by atomic mass is 9.87. The largest absolute Gasteiger partial charge is 0.465 e. The maximum Gasteiger partial charge on any atom is 0.337 e. The quantitative estimate of drug-likeness (QED) is 0.310. The average Bonchev–Trinajstić information content (AvgIpc) is 3.06. The van der Waals surface area contributed by atoms with Gasteiger partial charge in [0.15, 0.2) is 0 Å². The third-order valence-electron chi connectivity index (χ3n) is 8.98. The van der Waals surface area contributed by atoms with Crippen molar-refractivity contribution in [1.82, 2.24) is 10.2 Å². The molecule has 0 bridgehead atoms. The van der Waals surface area contributed by atoms with Crippen LogP contribution >= 0.6 is 11.8 Å². The Bertz CT molecular complexity index is 1610. The van der Waals surface area contributed by atoms with E-state index < -0.39 is 22.8 Å². The molecule has 0 radical (unpaired) electrons. The van der Waals surface area contributed by atoms with Crippen LogP contribution < -0.4 is 16.4 Å². The van der Waals surface area contributed by atoms with E-state index in [0.29, 0.717) is 23.2 Å². The van der Waals surface area contributed by atoms with Gasteiger partial charge in [-0.25, -0.2) is 4.79 Å². The number of thioether (sulfide) groups is 1. The van der Waals surface area contributed by atoms with Crippen LogP contribution in [0.2, 0.25) is 0 Å². The van der Waals surface area contributed by atoms with E-state index in [1.807, 2.05) is 44.4 Å². The molecule has 2 aliphatic rings. The summed E-state index contributed by atoms with van der Waals surface area (Å²) in [6.45, 7) is 4.04. The smallest absolute Gasteiger partial charge is 0.337 e. The highest BCUT2D eigenvalue weighted by atomic mass is 32.2. The van der Waals surface area contributed by atoms with E-state index in [1.54, 1.807) is 23.1 Å². The van der Waals surface area contributed by atoms with E-state index in [0.717, 1.165) is 36.0 Å². The number of methoxy groups -OCH3 is 1. The molecule has 1 aliphatic heterocycles. The number of hydrogen-bond acceptors (Lipinski definition) is 7. The molecule has 0 saturated carbocycles. The first-order chi connectivity index (χ1) is 21.5. The maximum absolute atomic E-state index is 14.0. The molecule has 3 atom stereocenters. The van der Waals surface area contributed by atoms with Crippen LogP contribution in [0.15, 0.2) is 66.7 Å². The van der Waals surface area contributed by atoms with Crippen LogP contribution in [0, 0.1) is 0 Å². The van der Waals surface area contributed by atoms with Gasteiger partial charge in [-0.05, 0) is 98.0 Å². The Kier molecular flexibility index (Phi) is 9.65. The Morgan fingerprint density at radius 1 is 0.978 bits per heavy atom. The molecule has 5 rings (SSSR count). The molecule has 236 valence electrons. The van der Waals surface area contributed by atoms with Gasteiger partial charge < -0.3 is 26.0 Å². The van der Waals surface area contributed by atoms with Crippen LogP contribution in [0.3, 0.4) is 0 Å². The average molecular weight is 629 g/mol. The Balaban J connectivity index is 1.39. The van der Waals surface area contributed by atoms with Gasteiger partial charge in [0.25, 0.3) is 5.91 Å². The van der Waals surface area contributed by atoms with Gasteiger partial charge in [0.2, 0.25) is 11.8 Å². The number of hydrogen-bond donors (Lipinski definition) is 3. The SMILES string of the molecule is COC(=O)c1ccc(C(=O)Nc2ccc3c(c2)CN(C(=O)[C@@H](N)C(C)(C)SC)[C@H](C(=O)NC2CCCc4ccccc42)C3)cc1. The van der Waals surface area contributed by atoms with Gasteiger partial charge in [-0.2, -0.15) is 11.8 Å². The number of anilines is 1. The molecule has 3 aromatic carbocycles. The first kappa shape index (κ1) is 32.2. The number of nitrogens with zero attached hydrogens (tertiary/aromatic N) is 1. The number of amides is 3. The first-order valence-electron chi connectivity index (χ1n) is 15.1.